The fourth-order valence-corrected chi connectivity index (χ4v) is 3.68. The van der Waals surface area contributed by atoms with Crippen LogP contribution in [0.5, 0.6) is 0 Å². The van der Waals surface area contributed by atoms with Gasteiger partial charge >= 0.3 is 6.09 Å². The monoisotopic (exact) mass is 663 g/mol. The number of nitrogens with zero attached hydrogens (tertiary/aromatic N) is 6. The molecule has 0 unspecified atom stereocenters. The summed E-state index contributed by atoms with van der Waals surface area (Å²) in [6.45, 7) is 11.1. The third-order valence-electron chi connectivity index (χ3n) is 4.64. The van der Waals surface area contributed by atoms with E-state index in [4.69, 9.17) is 4.74 Å². The first kappa shape index (κ1) is 28.9. The van der Waals surface area contributed by atoms with Gasteiger partial charge in [-0.05, 0) is 87.8 Å². The van der Waals surface area contributed by atoms with Gasteiger partial charge in [0.1, 0.15) is 25.2 Å². The molecule has 0 aromatic carbocycles. The lowest BCUT2D eigenvalue weighted by molar-refractivity contribution is 0.0229. The summed E-state index contributed by atoms with van der Waals surface area (Å²) >= 11 is 9.58. The highest BCUT2D eigenvalue weighted by atomic mass is 79.9. The molecule has 2 saturated heterocycles. The summed E-state index contributed by atoms with van der Waals surface area (Å²) in [5.41, 5.74) is -0.387. The van der Waals surface area contributed by atoms with Crippen LogP contribution in [0.15, 0.2) is 38.6 Å². The zero-order valence-electron chi connectivity index (χ0n) is 19.8. The number of piperazine rings is 1. The van der Waals surface area contributed by atoms with Gasteiger partial charge in [0.2, 0.25) is 0 Å². The summed E-state index contributed by atoms with van der Waals surface area (Å²) in [4.78, 5) is 31.8. The quantitative estimate of drug-likeness (QED) is 0.452. The van der Waals surface area contributed by atoms with Gasteiger partial charge in [0.15, 0.2) is 0 Å². The van der Waals surface area contributed by atoms with E-state index in [1.165, 1.54) is 19.3 Å². The standard InChI is InChI=1S/C9H12BrN3.C9H18N2O2.C4H2Br2N2/c10-8-6-12-9(7-11-8)13-4-2-1-3-5-13;1-9(2,3)13-8(12)11-6-4-10-5-7-11;5-3-1-7-4(6)2-8-3/h6-7H,1-5H2;10H,4-7H2,1-3H3;1-2H. The van der Waals surface area contributed by atoms with Gasteiger partial charge in [-0.1, -0.05) is 0 Å². The minimum Gasteiger partial charge on any atom is -0.444 e. The first-order chi connectivity index (χ1) is 16.1. The number of piperidine rings is 1. The highest BCUT2D eigenvalue weighted by Crippen LogP contribution is 2.17. The molecule has 0 aliphatic carbocycles. The van der Waals surface area contributed by atoms with Crippen molar-refractivity contribution in [1.82, 2.24) is 30.2 Å². The second-order valence-corrected chi connectivity index (χ2v) is 11.1. The number of halogens is 3. The molecule has 0 bridgehead atoms. The van der Waals surface area contributed by atoms with Crippen molar-refractivity contribution < 1.29 is 9.53 Å². The number of carbonyl (C=O) groups is 1. The summed E-state index contributed by atoms with van der Waals surface area (Å²) < 4.78 is 7.54. The average Bonchev–Trinajstić information content (AvgIpc) is 2.82. The van der Waals surface area contributed by atoms with Gasteiger partial charge in [0, 0.05) is 39.3 Å². The normalized spacial score (nSPS) is 15.9. The number of carbonyl (C=O) groups excluding carboxylic acids is 1. The number of hydrogen-bond acceptors (Lipinski definition) is 8. The van der Waals surface area contributed by atoms with E-state index >= 15 is 0 Å². The first-order valence-electron chi connectivity index (χ1n) is 11.2. The fraction of sp³-hybridized carbons (Fsp3) is 0.591. The summed E-state index contributed by atoms with van der Waals surface area (Å²) in [7, 11) is 0. The second-order valence-electron chi connectivity index (χ2n) is 8.62. The van der Waals surface area contributed by atoms with Gasteiger partial charge in [-0.25, -0.2) is 24.7 Å². The maximum absolute atomic E-state index is 11.5. The van der Waals surface area contributed by atoms with Crippen LogP contribution < -0.4 is 10.2 Å². The molecule has 2 fully saturated rings. The van der Waals surface area contributed by atoms with E-state index in [2.05, 4.69) is 77.9 Å². The van der Waals surface area contributed by atoms with E-state index in [9.17, 15) is 4.79 Å². The molecule has 4 rings (SSSR count). The summed E-state index contributed by atoms with van der Waals surface area (Å²) in [5, 5.41) is 3.18. The number of nitrogens with one attached hydrogen (secondary N) is 1. The summed E-state index contributed by atoms with van der Waals surface area (Å²) in [5.74, 6) is 1.00. The number of anilines is 1. The van der Waals surface area contributed by atoms with Crippen LogP contribution in [0.1, 0.15) is 40.0 Å². The van der Waals surface area contributed by atoms with Gasteiger partial charge in [-0.2, -0.15) is 0 Å². The molecule has 2 aromatic heterocycles. The number of hydrogen-bond donors (Lipinski definition) is 1. The van der Waals surface area contributed by atoms with Crippen LogP contribution in [-0.2, 0) is 4.74 Å². The van der Waals surface area contributed by atoms with E-state index in [1.54, 1.807) is 23.5 Å². The summed E-state index contributed by atoms with van der Waals surface area (Å²) in [6.07, 6.45) is 10.5. The van der Waals surface area contributed by atoms with Gasteiger partial charge in [-0.3, -0.25) is 0 Å². The molecule has 0 saturated carbocycles. The van der Waals surface area contributed by atoms with Crippen molar-refractivity contribution in [3.63, 3.8) is 0 Å². The largest absolute Gasteiger partial charge is 0.444 e. The van der Waals surface area contributed by atoms with Gasteiger partial charge in [0.05, 0.1) is 24.8 Å². The topological polar surface area (TPSA) is 96.4 Å². The van der Waals surface area contributed by atoms with E-state index < -0.39 is 0 Å². The molecule has 4 heterocycles. The Labute approximate surface area is 226 Å². The van der Waals surface area contributed by atoms with Gasteiger partial charge in [0.25, 0.3) is 0 Å². The lowest BCUT2D eigenvalue weighted by atomic mass is 10.1. The molecular formula is C22H32Br3N7O2. The van der Waals surface area contributed by atoms with Crippen LogP contribution in [-0.4, -0.2) is 75.8 Å². The van der Waals surface area contributed by atoms with Gasteiger partial charge < -0.3 is 19.9 Å². The van der Waals surface area contributed by atoms with Crippen molar-refractivity contribution in [1.29, 1.82) is 0 Å². The SMILES string of the molecule is Brc1cnc(Br)cn1.Brc1cnc(N2CCCCC2)cn1.CC(C)(C)OC(=O)N1CCNCC1. The zero-order valence-corrected chi connectivity index (χ0v) is 24.6. The molecule has 2 aliphatic rings. The molecule has 34 heavy (non-hydrogen) atoms. The predicted molar refractivity (Wildman–Crippen MR) is 144 cm³/mol. The van der Waals surface area contributed by atoms with Crippen molar-refractivity contribution in [2.75, 3.05) is 44.2 Å². The van der Waals surface area contributed by atoms with E-state index in [1.807, 2.05) is 27.0 Å². The van der Waals surface area contributed by atoms with Crippen molar-refractivity contribution in [2.24, 2.45) is 0 Å². The Morgan fingerprint density at radius 1 is 0.824 bits per heavy atom. The molecule has 9 nitrogen and oxygen atoms in total. The molecule has 188 valence electrons. The van der Waals surface area contributed by atoms with Crippen molar-refractivity contribution in [3.05, 3.63) is 38.6 Å². The van der Waals surface area contributed by atoms with Crippen LogP contribution in [0.2, 0.25) is 0 Å². The maximum atomic E-state index is 11.5. The molecule has 1 amide bonds. The Bertz CT molecular complexity index is 831. The van der Waals surface area contributed by atoms with Crippen LogP contribution >= 0.6 is 47.8 Å². The summed E-state index contributed by atoms with van der Waals surface area (Å²) in [6, 6.07) is 0. The Balaban J connectivity index is 0.000000186. The third-order valence-corrected chi connectivity index (χ3v) is 5.87. The van der Waals surface area contributed by atoms with Crippen molar-refractivity contribution >= 4 is 59.7 Å². The highest BCUT2D eigenvalue weighted by Gasteiger charge is 2.22. The van der Waals surface area contributed by atoms with Crippen LogP contribution in [0.25, 0.3) is 0 Å². The molecule has 12 heteroatoms. The Morgan fingerprint density at radius 2 is 1.32 bits per heavy atom. The Hall–Kier alpha value is -1.37. The van der Waals surface area contributed by atoms with E-state index in [0.717, 1.165) is 58.9 Å². The second kappa shape index (κ2) is 14.9. The zero-order chi connectivity index (χ0) is 25.0. The lowest BCUT2D eigenvalue weighted by Gasteiger charge is -2.30. The minimum atomic E-state index is -0.387. The molecule has 1 N–H and O–H groups in total. The predicted octanol–water partition coefficient (Wildman–Crippen LogP) is 5.06. The fourth-order valence-electron chi connectivity index (χ4n) is 3.06. The number of ether oxygens (including phenoxy) is 1. The number of aromatic nitrogens is 4. The molecule has 0 radical (unpaired) electrons. The number of rotatable bonds is 1. The third kappa shape index (κ3) is 11.9. The van der Waals surface area contributed by atoms with Crippen molar-refractivity contribution in [3.8, 4) is 0 Å². The van der Waals surface area contributed by atoms with Crippen LogP contribution in [0.3, 0.4) is 0 Å². The highest BCUT2D eigenvalue weighted by molar-refractivity contribution is 9.11. The average molecular weight is 666 g/mol. The molecular weight excluding hydrogens is 634 g/mol. The Morgan fingerprint density at radius 3 is 1.76 bits per heavy atom. The van der Waals surface area contributed by atoms with Gasteiger partial charge in [-0.15, -0.1) is 0 Å². The lowest BCUT2D eigenvalue weighted by Crippen LogP contribution is -2.48. The molecule has 2 aromatic rings. The molecule has 0 spiro atoms. The molecule has 0 atom stereocenters. The Kier molecular flexibility index (Phi) is 12.6. The van der Waals surface area contributed by atoms with E-state index in [-0.39, 0.29) is 11.7 Å². The molecule has 2 aliphatic heterocycles. The smallest absolute Gasteiger partial charge is 0.410 e. The van der Waals surface area contributed by atoms with Crippen LogP contribution in [0.4, 0.5) is 10.6 Å². The van der Waals surface area contributed by atoms with E-state index in [0.29, 0.717) is 0 Å². The first-order valence-corrected chi connectivity index (χ1v) is 13.6. The number of amides is 1. The maximum Gasteiger partial charge on any atom is 0.410 e. The van der Waals surface area contributed by atoms with Crippen molar-refractivity contribution in [2.45, 2.75) is 45.6 Å². The van der Waals surface area contributed by atoms with Crippen LogP contribution in [0, 0.1) is 0 Å². The minimum absolute atomic E-state index is 0.200.